The fraction of sp³-hybridized carbons (Fsp3) is 0.208. The van der Waals surface area contributed by atoms with Crippen LogP contribution < -0.4 is 9.64 Å². The first-order valence-corrected chi connectivity index (χ1v) is 10.7. The van der Waals surface area contributed by atoms with Crippen LogP contribution >= 0.6 is 11.3 Å². The third-order valence-corrected chi connectivity index (χ3v) is 6.25. The number of aromatic nitrogens is 1. The lowest BCUT2D eigenvalue weighted by molar-refractivity contribution is 0.171. The van der Waals surface area contributed by atoms with E-state index in [2.05, 4.69) is 52.3 Å². The molecule has 0 amide bonds. The van der Waals surface area contributed by atoms with Gasteiger partial charge in [-0.1, -0.05) is 24.3 Å². The summed E-state index contributed by atoms with van der Waals surface area (Å²) in [5.74, 6) is 0.501. The Bertz CT molecular complexity index is 1120. The van der Waals surface area contributed by atoms with Gasteiger partial charge in [0.1, 0.15) is 17.7 Å². The Balaban J connectivity index is 1.32. The van der Waals surface area contributed by atoms with Gasteiger partial charge in [0.2, 0.25) is 0 Å². The lowest BCUT2D eigenvalue weighted by Gasteiger charge is -2.35. The highest BCUT2D eigenvalue weighted by Crippen LogP contribution is 2.34. The maximum Gasteiger partial charge on any atom is 0.123 e. The quantitative estimate of drug-likeness (QED) is 0.408. The smallest absolute Gasteiger partial charge is 0.123 e. The van der Waals surface area contributed by atoms with Crippen LogP contribution in [0.5, 0.6) is 5.75 Å². The number of nitrogens with zero attached hydrogens (tertiary/aromatic N) is 2. The number of fused-ring (bicyclic) bond motifs is 1. The number of thiazole rings is 1. The maximum atomic E-state index is 13.1. The molecular formula is C24H21FN2OS. The number of hydrogen-bond acceptors (Lipinski definition) is 4. The Hall–Kier alpha value is -2.92. The van der Waals surface area contributed by atoms with Crippen LogP contribution in [0, 0.1) is 5.82 Å². The van der Waals surface area contributed by atoms with Crippen LogP contribution in [0.3, 0.4) is 0 Å². The van der Waals surface area contributed by atoms with Gasteiger partial charge in [-0.25, -0.2) is 9.37 Å². The Morgan fingerprint density at radius 1 is 0.966 bits per heavy atom. The molecule has 5 rings (SSSR count). The zero-order valence-electron chi connectivity index (χ0n) is 15.9. The van der Waals surface area contributed by atoms with Gasteiger partial charge in [0.15, 0.2) is 0 Å². The molecule has 1 aromatic heterocycles. The first-order chi connectivity index (χ1) is 14.3. The van der Waals surface area contributed by atoms with E-state index in [9.17, 15) is 4.39 Å². The minimum Gasteiger partial charge on any atom is -0.490 e. The van der Waals surface area contributed by atoms with Crippen LogP contribution in [0.15, 0.2) is 72.2 Å². The van der Waals surface area contributed by atoms with Crippen molar-refractivity contribution >= 4 is 27.2 Å². The Kier molecular flexibility index (Phi) is 4.90. The third-order valence-electron chi connectivity index (χ3n) is 5.44. The normalized spacial score (nSPS) is 15.0. The SMILES string of the molecule is Fc1ccc(OC2CCN(c3ccccc3-c3ccc4scnc4c3)CC2)cc1. The van der Waals surface area contributed by atoms with Crippen LogP contribution in [0.25, 0.3) is 21.3 Å². The minimum atomic E-state index is -0.236. The molecule has 5 heteroatoms. The summed E-state index contributed by atoms with van der Waals surface area (Å²) in [5, 5.41) is 0. The second kappa shape index (κ2) is 7.84. The summed E-state index contributed by atoms with van der Waals surface area (Å²) in [5.41, 5.74) is 6.63. The highest BCUT2D eigenvalue weighted by molar-refractivity contribution is 7.16. The molecule has 3 aromatic carbocycles. The summed E-state index contributed by atoms with van der Waals surface area (Å²) in [6, 6.07) is 21.4. The minimum absolute atomic E-state index is 0.162. The van der Waals surface area contributed by atoms with Crippen molar-refractivity contribution in [3.8, 4) is 16.9 Å². The highest BCUT2D eigenvalue weighted by Gasteiger charge is 2.22. The summed E-state index contributed by atoms with van der Waals surface area (Å²) in [6.45, 7) is 1.86. The van der Waals surface area contributed by atoms with Gasteiger partial charge in [-0.3, -0.25) is 0 Å². The molecule has 0 saturated carbocycles. The van der Waals surface area contributed by atoms with E-state index >= 15 is 0 Å². The molecule has 0 radical (unpaired) electrons. The summed E-state index contributed by atoms with van der Waals surface area (Å²) in [6.07, 6.45) is 2.04. The highest BCUT2D eigenvalue weighted by atomic mass is 32.1. The summed E-state index contributed by atoms with van der Waals surface area (Å²) in [4.78, 5) is 6.90. The van der Waals surface area contributed by atoms with Crippen molar-refractivity contribution in [3.63, 3.8) is 0 Å². The van der Waals surface area contributed by atoms with Crippen molar-refractivity contribution in [3.05, 3.63) is 78.1 Å². The summed E-state index contributed by atoms with van der Waals surface area (Å²) >= 11 is 1.67. The Labute approximate surface area is 173 Å². The molecule has 29 heavy (non-hydrogen) atoms. The van der Waals surface area contributed by atoms with E-state index in [1.54, 1.807) is 23.5 Å². The molecule has 0 atom stereocenters. The molecule has 146 valence electrons. The van der Waals surface area contributed by atoms with Crippen LogP contribution in [-0.4, -0.2) is 24.2 Å². The lowest BCUT2D eigenvalue weighted by Crippen LogP contribution is -2.38. The van der Waals surface area contributed by atoms with E-state index in [0.717, 1.165) is 37.2 Å². The van der Waals surface area contributed by atoms with Crippen molar-refractivity contribution in [1.29, 1.82) is 0 Å². The van der Waals surface area contributed by atoms with Gasteiger partial charge in [-0.05, 0) is 48.0 Å². The first-order valence-electron chi connectivity index (χ1n) is 9.86. The largest absolute Gasteiger partial charge is 0.490 e. The number of benzene rings is 3. The Morgan fingerprint density at radius 2 is 1.76 bits per heavy atom. The number of rotatable bonds is 4. The standard InChI is InChI=1S/C24H21FN2OS/c25-18-6-8-19(9-7-18)28-20-11-13-27(14-12-20)23-4-2-1-3-21(23)17-5-10-24-22(15-17)26-16-29-24/h1-10,15-16,20H,11-14H2. The average molecular weight is 405 g/mol. The fourth-order valence-electron chi connectivity index (χ4n) is 3.94. The van der Waals surface area contributed by atoms with Gasteiger partial charge in [0.05, 0.1) is 15.7 Å². The maximum absolute atomic E-state index is 13.1. The van der Waals surface area contributed by atoms with E-state index in [4.69, 9.17) is 4.74 Å². The Morgan fingerprint density at radius 3 is 2.59 bits per heavy atom. The van der Waals surface area contributed by atoms with E-state index in [1.807, 2.05) is 5.51 Å². The molecule has 0 unspecified atom stereocenters. The molecule has 0 spiro atoms. The number of piperidine rings is 1. The molecule has 0 aliphatic carbocycles. The molecule has 1 aliphatic rings. The van der Waals surface area contributed by atoms with Gasteiger partial charge in [0.25, 0.3) is 0 Å². The first kappa shape index (κ1) is 18.1. The molecule has 0 bridgehead atoms. The predicted octanol–water partition coefficient (Wildman–Crippen LogP) is 6.15. The number of para-hydroxylation sites is 1. The molecule has 0 N–H and O–H groups in total. The van der Waals surface area contributed by atoms with Gasteiger partial charge in [-0.15, -0.1) is 11.3 Å². The van der Waals surface area contributed by atoms with Gasteiger partial charge in [-0.2, -0.15) is 0 Å². The zero-order chi connectivity index (χ0) is 19.6. The summed E-state index contributed by atoms with van der Waals surface area (Å²) < 4.78 is 20.3. The van der Waals surface area contributed by atoms with Crippen LogP contribution in [0.4, 0.5) is 10.1 Å². The molecule has 1 fully saturated rings. The monoisotopic (exact) mass is 404 g/mol. The van der Waals surface area contributed by atoms with Gasteiger partial charge < -0.3 is 9.64 Å². The molecular weight excluding hydrogens is 383 g/mol. The zero-order valence-corrected chi connectivity index (χ0v) is 16.7. The third kappa shape index (κ3) is 3.83. The molecule has 4 aromatic rings. The van der Waals surface area contributed by atoms with Crippen molar-refractivity contribution in [1.82, 2.24) is 4.98 Å². The molecule has 3 nitrogen and oxygen atoms in total. The van der Waals surface area contributed by atoms with Crippen molar-refractivity contribution < 1.29 is 9.13 Å². The van der Waals surface area contributed by atoms with E-state index in [0.29, 0.717) is 0 Å². The van der Waals surface area contributed by atoms with Gasteiger partial charge in [0, 0.05) is 37.2 Å². The molecule has 1 aliphatic heterocycles. The van der Waals surface area contributed by atoms with Crippen molar-refractivity contribution in [2.75, 3.05) is 18.0 Å². The number of anilines is 1. The second-order valence-corrected chi connectivity index (χ2v) is 8.20. The van der Waals surface area contributed by atoms with Gasteiger partial charge >= 0.3 is 0 Å². The fourth-order valence-corrected chi connectivity index (χ4v) is 4.60. The van der Waals surface area contributed by atoms with Crippen LogP contribution in [0.2, 0.25) is 0 Å². The number of ether oxygens (including phenoxy) is 1. The number of hydrogen-bond donors (Lipinski definition) is 0. The van der Waals surface area contributed by atoms with E-state index < -0.39 is 0 Å². The van der Waals surface area contributed by atoms with E-state index in [1.165, 1.54) is 33.6 Å². The topological polar surface area (TPSA) is 25.4 Å². The second-order valence-electron chi connectivity index (χ2n) is 7.31. The van der Waals surface area contributed by atoms with Crippen molar-refractivity contribution in [2.24, 2.45) is 0 Å². The number of halogens is 1. The van der Waals surface area contributed by atoms with Crippen LogP contribution in [-0.2, 0) is 0 Å². The lowest BCUT2D eigenvalue weighted by atomic mass is 10.00. The van der Waals surface area contributed by atoms with Crippen LogP contribution in [0.1, 0.15) is 12.8 Å². The van der Waals surface area contributed by atoms with Crippen molar-refractivity contribution in [2.45, 2.75) is 18.9 Å². The summed E-state index contributed by atoms with van der Waals surface area (Å²) in [7, 11) is 0. The van der Waals surface area contributed by atoms with E-state index in [-0.39, 0.29) is 11.9 Å². The molecule has 1 saturated heterocycles. The predicted molar refractivity (Wildman–Crippen MR) is 117 cm³/mol. The average Bonchev–Trinajstić information content (AvgIpc) is 3.24. The molecule has 2 heterocycles.